The summed E-state index contributed by atoms with van der Waals surface area (Å²) in [7, 11) is 0. The SMILES string of the molecule is CC(C)(C)OC(=O)N1CCC[C@@H](CN2C[C@H](OCc3ccccc3)C(OCc3ccccc3)[C@H](OCc3ccccc3)C2)C1. The Kier molecular flexibility index (Phi) is 11.5. The highest BCUT2D eigenvalue weighted by Gasteiger charge is 2.40. The second-order valence-electron chi connectivity index (χ2n) is 13.1. The Balaban J connectivity index is 1.31. The topological polar surface area (TPSA) is 60.5 Å². The van der Waals surface area contributed by atoms with Gasteiger partial charge in [-0.1, -0.05) is 91.0 Å². The predicted molar refractivity (Wildman–Crippen MR) is 172 cm³/mol. The molecule has 7 heteroatoms. The summed E-state index contributed by atoms with van der Waals surface area (Å²) in [4.78, 5) is 17.2. The number of amides is 1. The van der Waals surface area contributed by atoms with Gasteiger partial charge < -0.3 is 23.8 Å². The molecule has 5 rings (SSSR count). The van der Waals surface area contributed by atoms with Crippen molar-refractivity contribution in [1.82, 2.24) is 9.80 Å². The lowest BCUT2D eigenvalue weighted by atomic mass is 9.94. The van der Waals surface area contributed by atoms with Crippen molar-refractivity contribution in [2.45, 2.75) is 77.3 Å². The van der Waals surface area contributed by atoms with Crippen molar-refractivity contribution in [3.8, 4) is 0 Å². The van der Waals surface area contributed by atoms with Crippen LogP contribution in [0, 0.1) is 5.92 Å². The van der Waals surface area contributed by atoms with E-state index in [1.54, 1.807) is 0 Å². The van der Waals surface area contributed by atoms with E-state index >= 15 is 0 Å². The van der Waals surface area contributed by atoms with E-state index in [-0.39, 0.29) is 24.4 Å². The molecule has 7 nitrogen and oxygen atoms in total. The van der Waals surface area contributed by atoms with E-state index in [9.17, 15) is 4.79 Å². The average Bonchev–Trinajstić information content (AvgIpc) is 3.03. The number of carbonyl (C=O) groups excluding carboxylic acids is 1. The van der Waals surface area contributed by atoms with Crippen molar-refractivity contribution in [2.24, 2.45) is 5.92 Å². The summed E-state index contributed by atoms with van der Waals surface area (Å²) in [5.74, 6) is 0.350. The first kappa shape index (κ1) is 32.2. The molecule has 2 aliphatic rings. The second-order valence-corrected chi connectivity index (χ2v) is 13.1. The lowest BCUT2D eigenvalue weighted by Gasteiger charge is -2.45. The fourth-order valence-corrected chi connectivity index (χ4v) is 6.08. The van der Waals surface area contributed by atoms with Gasteiger partial charge >= 0.3 is 6.09 Å². The van der Waals surface area contributed by atoms with E-state index in [1.165, 1.54) is 0 Å². The third-order valence-electron chi connectivity index (χ3n) is 8.20. The molecule has 0 spiro atoms. The highest BCUT2D eigenvalue weighted by molar-refractivity contribution is 5.68. The maximum absolute atomic E-state index is 12.9. The molecule has 0 saturated carbocycles. The molecule has 1 amide bonds. The van der Waals surface area contributed by atoms with E-state index in [2.05, 4.69) is 41.3 Å². The fraction of sp³-hybridized carbons (Fsp3) is 0.486. The maximum Gasteiger partial charge on any atom is 0.410 e. The molecule has 236 valence electrons. The second kappa shape index (κ2) is 15.7. The summed E-state index contributed by atoms with van der Waals surface area (Å²) in [5.41, 5.74) is 2.89. The van der Waals surface area contributed by atoms with Crippen LogP contribution in [-0.4, -0.2) is 72.5 Å². The van der Waals surface area contributed by atoms with Crippen molar-refractivity contribution in [1.29, 1.82) is 0 Å². The van der Waals surface area contributed by atoms with Crippen molar-refractivity contribution in [2.75, 3.05) is 32.7 Å². The van der Waals surface area contributed by atoms with Crippen LogP contribution < -0.4 is 0 Å². The monoisotopic (exact) mass is 600 g/mol. The van der Waals surface area contributed by atoms with Gasteiger partial charge in [0.15, 0.2) is 0 Å². The van der Waals surface area contributed by atoms with Crippen molar-refractivity contribution < 1.29 is 23.7 Å². The largest absolute Gasteiger partial charge is 0.444 e. The molecule has 2 saturated heterocycles. The van der Waals surface area contributed by atoms with Crippen LogP contribution in [0.3, 0.4) is 0 Å². The molecule has 0 aliphatic carbocycles. The van der Waals surface area contributed by atoms with Crippen LogP contribution in [0.15, 0.2) is 91.0 Å². The van der Waals surface area contributed by atoms with Gasteiger partial charge in [-0.15, -0.1) is 0 Å². The quantitative estimate of drug-likeness (QED) is 0.244. The molecule has 0 aromatic heterocycles. The first-order chi connectivity index (χ1) is 21.3. The molecule has 2 fully saturated rings. The minimum Gasteiger partial charge on any atom is -0.444 e. The Bertz CT molecular complexity index is 1210. The number of rotatable bonds is 11. The number of benzene rings is 3. The highest BCUT2D eigenvalue weighted by Crippen LogP contribution is 2.27. The Morgan fingerprint density at radius 1 is 0.705 bits per heavy atom. The van der Waals surface area contributed by atoms with Gasteiger partial charge in [-0.2, -0.15) is 0 Å². The zero-order valence-electron chi connectivity index (χ0n) is 26.5. The molecule has 44 heavy (non-hydrogen) atoms. The van der Waals surface area contributed by atoms with Crippen LogP contribution in [0.1, 0.15) is 50.3 Å². The smallest absolute Gasteiger partial charge is 0.410 e. The van der Waals surface area contributed by atoms with Crippen LogP contribution in [-0.2, 0) is 38.8 Å². The fourth-order valence-electron chi connectivity index (χ4n) is 6.08. The van der Waals surface area contributed by atoms with Crippen LogP contribution in [0.2, 0.25) is 0 Å². The molecular weight excluding hydrogens is 552 g/mol. The number of hydrogen-bond donors (Lipinski definition) is 0. The molecule has 4 atom stereocenters. The molecule has 0 N–H and O–H groups in total. The molecule has 1 unspecified atom stereocenters. The Morgan fingerprint density at radius 3 is 1.66 bits per heavy atom. The van der Waals surface area contributed by atoms with Gasteiger partial charge in [-0.05, 0) is 56.2 Å². The third kappa shape index (κ3) is 9.89. The highest BCUT2D eigenvalue weighted by atomic mass is 16.6. The molecular formula is C37H48N2O5. The van der Waals surface area contributed by atoms with E-state index in [0.29, 0.717) is 32.3 Å². The maximum atomic E-state index is 12.9. The van der Waals surface area contributed by atoms with E-state index < -0.39 is 5.60 Å². The lowest BCUT2D eigenvalue weighted by molar-refractivity contribution is -0.186. The van der Waals surface area contributed by atoms with Crippen molar-refractivity contribution in [3.05, 3.63) is 108 Å². The summed E-state index contributed by atoms with van der Waals surface area (Å²) >= 11 is 0. The average molecular weight is 601 g/mol. The minimum atomic E-state index is -0.502. The minimum absolute atomic E-state index is 0.181. The van der Waals surface area contributed by atoms with Gasteiger partial charge in [0.2, 0.25) is 0 Å². The van der Waals surface area contributed by atoms with Crippen LogP contribution in [0.5, 0.6) is 0 Å². The molecule has 2 aliphatic heterocycles. The van der Waals surface area contributed by atoms with Crippen LogP contribution in [0.4, 0.5) is 4.79 Å². The molecule has 0 bridgehead atoms. The molecule has 3 aromatic rings. The van der Waals surface area contributed by atoms with Gasteiger partial charge in [0.25, 0.3) is 0 Å². The first-order valence-electron chi connectivity index (χ1n) is 16.0. The zero-order valence-corrected chi connectivity index (χ0v) is 26.5. The number of hydrogen-bond acceptors (Lipinski definition) is 6. The van der Waals surface area contributed by atoms with Gasteiger partial charge in [0, 0.05) is 32.7 Å². The summed E-state index contributed by atoms with van der Waals surface area (Å²) in [6.07, 6.45) is 1.24. The van der Waals surface area contributed by atoms with Crippen LogP contribution in [0.25, 0.3) is 0 Å². The van der Waals surface area contributed by atoms with E-state index in [1.807, 2.05) is 80.3 Å². The van der Waals surface area contributed by atoms with E-state index in [4.69, 9.17) is 18.9 Å². The molecule has 3 aromatic carbocycles. The number of carbonyl (C=O) groups is 1. The standard InChI is InChI=1S/C37H48N2O5/c1-37(2,3)44-36(40)39-21-13-20-32(23-39)22-38-24-33(41-26-29-14-7-4-8-15-29)35(43-28-31-18-11-6-12-19-31)34(25-38)42-27-30-16-9-5-10-17-30/h4-12,14-19,32-35H,13,20-28H2,1-3H3/t32-,33-,34+,35?/m0/s1. The van der Waals surface area contributed by atoms with Gasteiger partial charge in [-0.3, -0.25) is 4.90 Å². The number of ether oxygens (including phenoxy) is 4. The van der Waals surface area contributed by atoms with Crippen molar-refractivity contribution >= 4 is 6.09 Å². The Morgan fingerprint density at radius 2 is 1.18 bits per heavy atom. The van der Waals surface area contributed by atoms with Gasteiger partial charge in [-0.25, -0.2) is 4.79 Å². The lowest BCUT2D eigenvalue weighted by Crippen LogP contribution is -2.59. The summed E-state index contributed by atoms with van der Waals surface area (Å²) < 4.78 is 25.7. The van der Waals surface area contributed by atoms with Crippen LogP contribution >= 0.6 is 0 Å². The van der Waals surface area contributed by atoms with Gasteiger partial charge in [0.1, 0.15) is 11.7 Å². The Hall–Kier alpha value is -3.23. The predicted octanol–water partition coefficient (Wildman–Crippen LogP) is 6.71. The summed E-state index contributed by atoms with van der Waals surface area (Å²) in [6.45, 7) is 11.0. The number of likely N-dealkylation sites (tertiary alicyclic amines) is 2. The van der Waals surface area contributed by atoms with Crippen molar-refractivity contribution in [3.63, 3.8) is 0 Å². The van der Waals surface area contributed by atoms with E-state index in [0.717, 1.165) is 55.7 Å². The normalized spacial score (nSPS) is 22.9. The number of piperidine rings is 2. The molecule has 0 radical (unpaired) electrons. The Labute approximate surface area is 263 Å². The summed E-state index contributed by atoms with van der Waals surface area (Å²) in [5, 5.41) is 0. The first-order valence-corrected chi connectivity index (χ1v) is 16.0. The van der Waals surface area contributed by atoms with Gasteiger partial charge in [0.05, 0.1) is 32.0 Å². The number of nitrogens with zero attached hydrogens (tertiary/aromatic N) is 2. The molecule has 2 heterocycles. The zero-order chi connectivity index (χ0) is 30.8. The third-order valence-corrected chi connectivity index (χ3v) is 8.20. The summed E-state index contributed by atoms with van der Waals surface area (Å²) in [6, 6.07) is 30.9.